The molecule has 45 heavy (non-hydrogen) atoms. The number of amidine groups is 1. The number of rotatable bonds is 7. The molecular formula is C33H35F3N6O2S. The lowest BCUT2D eigenvalue weighted by Crippen LogP contribution is -2.43. The van der Waals surface area contributed by atoms with Crippen LogP contribution in [0.1, 0.15) is 49.8 Å². The molecule has 1 saturated heterocycles. The molecule has 0 radical (unpaired) electrons. The molecule has 1 aliphatic rings. The monoisotopic (exact) mass is 636 g/mol. The van der Waals surface area contributed by atoms with Crippen LogP contribution in [0.2, 0.25) is 0 Å². The third-order valence-corrected chi connectivity index (χ3v) is 8.90. The van der Waals surface area contributed by atoms with E-state index in [2.05, 4.69) is 62.9 Å². The van der Waals surface area contributed by atoms with Gasteiger partial charge in [0, 0.05) is 35.0 Å². The van der Waals surface area contributed by atoms with Gasteiger partial charge >= 0.3 is 12.4 Å². The van der Waals surface area contributed by atoms with E-state index in [0.717, 1.165) is 40.1 Å². The zero-order valence-corrected chi connectivity index (χ0v) is 26.5. The average Bonchev–Trinajstić information content (AvgIpc) is 3.48. The molecule has 8 nitrogen and oxygen atoms in total. The molecule has 3 atom stereocenters. The van der Waals surface area contributed by atoms with Crippen molar-refractivity contribution in [2.45, 2.75) is 65.4 Å². The number of halogens is 3. The normalized spacial score (nSPS) is 17.6. The van der Waals surface area contributed by atoms with Crippen molar-refractivity contribution in [2.75, 3.05) is 10.7 Å². The minimum Gasteiger partial charge on any atom is -0.406 e. The van der Waals surface area contributed by atoms with Gasteiger partial charge in [-0.3, -0.25) is 0 Å². The van der Waals surface area contributed by atoms with E-state index in [4.69, 9.17) is 0 Å². The summed E-state index contributed by atoms with van der Waals surface area (Å²) in [5.74, 6) is 1.06. The predicted octanol–water partition coefficient (Wildman–Crippen LogP) is 8.04. The number of para-hydroxylation sites is 1. The van der Waals surface area contributed by atoms with Crippen LogP contribution in [0.4, 0.5) is 23.7 Å². The molecule has 4 aromatic rings. The fraction of sp³-hybridized carbons (Fsp3) is 0.333. The van der Waals surface area contributed by atoms with Gasteiger partial charge in [-0.15, -0.1) is 18.3 Å². The number of carbonyl (C=O) groups excluding carboxylic acids is 1. The maximum Gasteiger partial charge on any atom is 0.573 e. The van der Waals surface area contributed by atoms with Crippen LogP contribution in [0.25, 0.3) is 17.1 Å². The summed E-state index contributed by atoms with van der Waals surface area (Å²) in [6.07, 6.45) is -2.25. The van der Waals surface area contributed by atoms with E-state index >= 15 is 0 Å². The number of nitrogens with one attached hydrogen (secondary N) is 1. The average molecular weight is 637 g/mol. The van der Waals surface area contributed by atoms with Crippen LogP contribution in [0.15, 0.2) is 78.0 Å². The van der Waals surface area contributed by atoms with Crippen LogP contribution in [0.5, 0.6) is 5.75 Å². The van der Waals surface area contributed by atoms with Gasteiger partial charge in [0.2, 0.25) is 0 Å². The molecule has 0 saturated carbocycles. The Labute approximate surface area is 264 Å². The Morgan fingerprint density at radius 2 is 1.71 bits per heavy atom. The number of carbonyl (C=O) groups is 1. The number of amides is 2. The highest BCUT2D eigenvalue weighted by molar-refractivity contribution is 8.14. The maximum atomic E-state index is 13.1. The number of anilines is 1. The Hall–Kier alpha value is -4.32. The smallest absolute Gasteiger partial charge is 0.406 e. The van der Waals surface area contributed by atoms with Gasteiger partial charge < -0.3 is 15.0 Å². The maximum absolute atomic E-state index is 13.1. The van der Waals surface area contributed by atoms with Crippen molar-refractivity contribution >= 4 is 28.6 Å². The van der Waals surface area contributed by atoms with Gasteiger partial charge in [-0.05, 0) is 75.1 Å². The minimum atomic E-state index is -4.75. The highest BCUT2D eigenvalue weighted by atomic mass is 32.2. The summed E-state index contributed by atoms with van der Waals surface area (Å²) < 4.78 is 42.7. The van der Waals surface area contributed by atoms with Gasteiger partial charge in [-0.25, -0.2) is 14.5 Å². The molecule has 3 aromatic carbocycles. The summed E-state index contributed by atoms with van der Waals surface area (Å²) in [4.78, 5) is 24.2. The number of benzene rings is 3. The van der Waals surface area contributed by atoms with Crippen LogP contribution in [-0.2, 0) is 0 Å². The van der Waals surface area contributed by atoms with Crippen LogP contribution in [0.3, 0.4) is 0 Å². The summed E-state index contributed by atoms with van der Waals surface area (Å²) in [7, 11) is 0. The van der Waals surface area contributed by atoms with Gasteiger partial charge in [0.05, 0.1) is 5.69 Å². The molecule has 1 N–H and O–H groups in total. The van der Waals surface area contributed by atoms with Crippen molar-refractivity contribution in [1.82, 2.24) is 20.1 Å². The number of hydrogen-bond donors (Lipinski definition) is 1. The summed E-state index contributed by atoms with van der Waals surface area (Å²) in [6.45, 7) is 10.3. The number of ether oxygens (including phenoxy) is 1. The molecule has 0 spiro atoms. The van der Waals surface area contributed by atoms with Gasteiger partial charge in [-0.2, -0.15) is 4.99 Å². The van der Waals surface area contributed by atoms with E-state index in [1.807, 2.05) is 44.2 Å². The highest BCUT2D eigenvalue weighted by Gasteiger charge is 2.31. The van der Waals surface area contributed by atoms with Crippen molar-refractivity contribution in [3.05, 3.63) is 89.7 Å². The lowest BCUT2D eigenvalue weighted by molar-refractivity contribution is -0.274. The zero-order chi connectivity index (χ0) is 32.3. The number of thioether (sulfide) groups is 1. The van der Waals surface area contributed by atoms with Crippen molar-refractivity contribution in [3.8, 4) is 22.8 Å². The topological polar surface area (TPSA) is 84.6 Å². The Balaban J connectivity index is 1.24. The van der Waals surface area contributed by atoms with Crippen LogP contribution >= 0.6 is 11.8 Å². The van der Waals surface area contributed by atoms with Gasteiger partial charge in [0.15, 0.2) is 11.0 Å². The first-order valence-electron chi connectivity index (χ1n) is 14.6. The van der Waals surface area contributed by atoms with Gasteiger partial charge in [-0.1, -0.05) is 61.2 Å². The number of nitrogens with zero attached hydrogens (tertiary/aromatic N) is 5. The number of aliphatic imine (C=N–C) groups is 1. The second-order valence-corrected chi connectivity index (χ2v) is 12.3. The summed E-state index contributed by atoms with van der Waals surface area (Å²) in [5, 5.41) is 8.24. The molecule has 3 unspecified atom stereocenters. The first-order chi connectivity index (χ1) is 21.4. The third-order valence-electron chi connectivity index (χ3n) is 7.91. The molecule has 5 rings (SSSR count). The highest BCUT2D eigenvalue weighted by Crippen LogP contribution is 2.34. The fourth-order valence-electron chi connectivity index (χ4n) is 5.28. The first-order valence-corrected chi connectivity index (χ1v) is 15.6. The number of aromatic nitrogens is 3. The Morgan fingerprint density at radius 3 is 2.36 bits per heavy atom. The van der Waals surface area contributed by atoms with E-state index in [1.165, 1.54) is 35.3 Å². The molecule has 1 aromatic heterocycles. The Bertz CT molecular complexity index is 1650. The first kappa shape index (κ1) is 32.1. The lowest BCUT2D eigenvalue weighted by Gasteiger charge is -2.37. The second-order valence-electron chi connectivity index (χ2n) is 11.2. The van der Waals surface area contributed by atoms with Crippen molar-refractivity contribution in [2.24, 2.45) is 4.99 Å². The molecule has 236 valence electrons. The summed E-state index contributed by atoms with van der Waals surface area (Å²) in [6, 6.07) is 19.0. The molecule has 2 amide bonds. The summed E-state index contributed by atoms with van der Waals surface area (Å²) in [5.41, 5.74) is 5.76. The van der Waals surface area contributed by atoms with Crippen LogP contribution in [-0.4, -0.2) is 50.2 Å². The molecule has 1 fully saturated rings. The minimum absolute atomic E-state index is 0.00111. The third kappa shape index (κ3) is 7.67. The van der Waals surface area contributed by atoms with Crippen molar-refractivity contribution in [1.29, 1.82) is 0 Å². The molecule has 0 aliphatic carbocycles. The Morgan fingerprint density at radius 1 is 1.04 bits per heavy atom. The number of alkyl halides is 3. The molecule has 12 heteroatoms. The fourth-order valence-corrected chi connectivity index (χ4v) is 6.48. The van der Waals surface area contributed by atoms with Crippen LogP contribution < -0.4 is 15.0 Å². The van der Waals surface area contributed by atoms with Crippen molar-refractivity contribution in [3.63, 3.8) is 0 Å². The molecule has 0 bridgehead atoms. The van der Waals surface area contributed by atoms with E-state index in [-0.39, 0.29) is 29.8 Å². The molecule has 1 aliphatic heterocycles. The van der Waals surface area contributed by atoms with E-state index in [1.54, 1.807) is 11.8 Å². The zero-order valence-electron chi connectivity index (χ0n) is 25.7. The van der Waals surface area contributed by atoms with Crippen molar-refractivity contribution < 1.29 is 22.7 Å². The number of hydrogen-bond acceptors (Lipinski definition) is 5. The lowest BCUT2D eigenvalue weighted by atomic mass is 9.93. The van der Waals surface area contributed by atoms with E-state index < -0.39 is 6.36 Å². The number of aryl methyl sites for hydroxylation is 2. The SMILES string of the molecule is Cc1cccc(C)c1N1C(=NC(=O)NC(C)C(C)c2ccc(-c3ncn(-c4ccc(OC(F)(F)F)cc4)n3)cc2)SCCC1C. The van der Waals surface area contributed by atoms with Gasteiger partial charge in [0.25, 0.3) is 0 Å². The quantitative estimate of drug-likeness (QED) is 0.221. The standard InChI is InChI=1S/C33H35F3N6O2S/c1-20-7-6-8-21(2)29(20)42-22(3)17-18-45-32(42)39-31(43)38-24(5)23(4)25-9-11-26(12-10-25)30-37-19-41(40-30)27-13-15-28(16-14-27)44-33(34,35)36/h6-16,19,22-24H,17-18H2,1-5H3,(H,38,43). The molecule has 2 heterocycles. The largest absolute Gasteiger partial charge is 0.573 e. The van der Waals surface area contributed by atoms with Crippen LogP contribution in [0, 0.1) is 13.8 Å². The molecular weight excluding hydrogens is 601 g/mol. The van der Waals surface area contributed by atoms with E-state index in [9.17, 15) is 18.0 Å². The second kappa shape index (κ2) is 13.4. The Kier molecular flexibility index (Phi) is 9.52. The number of urea groups is 1. The van der Waals surface area contributed by atoms with Gasteiger partial charge in [0.1, 0.15) is 12.1 Å². The van der Waals surface area contributed by atoms with E-state index in [0.29, 0.717) is 16.7 Å². The summed E-state index contributed by atoms with van der Waals surface area (Å²) >= 11 is 1.60. The predicted molar refractivity (Wildman–Crippen MR) is 172 cm³/mol.